The Morgan fingerprint density at radius 2 is 2.05 bits per heavy atom. The van der Waals surface area contributed by atoms with Gasteiger partial charge in [-0.3, -0.25) is 4.79 Å². The summed E-state index contributed by atoms with van der Waals surface area (Å²) in [4.78, 5) is 23.9. The number of benzene rings is 1. The van der Waals surface area contributed by atoms with Crippen LogP contribution < -0.4 is 5.76 Å². The van der Waals surface area contributed by atoms with Gasteiger partial charge >= 0.3 is 5.76 Å². The Balaban J connectivity index is 1.85. The standard InChI is InChI=1S/C14H8Cl2N2O4/c15-9-4-3-8(6-10(9)16)11(19)7-18-14(20)22-13(17-18)12-2-1-5-21-12/h1-6H,7H2. The molecule has 0 amide bonds. The number of carbonyl (C=O) groups is 1. The molecule has 2 heterocycles. The molecule has 0 aliphatic rings. The fourth-order valence-corrected chi connectivity index (χ4v) is 2.10. The van der Waals surface area contributed by atoms with E-state index in [0.717, 1.165) is 4.68 Å². The fourth-order valence-electron chi connectivity index (χ4n) is 1.80. The van der Waals surface area contributed by atoms with Gasteiger partial charge in [0.05, 0.1) is 16.3 Å². The van der Waals surface area contributed by atoms with Crippen LogP contribution in [0.15, 0.2) is 50.2 Å². The first-order chi connectivity index (χ1) is 10.5. The molecule has 0 bridgehead atoms. The van der Waals surface area contributed by atoms with Crippen LogP contribution in [-0.4, -0.2) is 15.6 Å². The van der Waals surface area contributed by atoms with Crippen molar-refractivity contribution in [2.45, 2.75) is 6.54 Å². The van der Waals surface area contributed by atoms with Crippen LogP contribution in [0.4, 0.5) is 0 Å². The van der Waals surface area contributed by atoms with Gasteiger partial charge in [0.2, 0.25) is 0 Å². The zero-order valence-corrected chi connectivity index (χ0v) is 12.5. The molecular formula is C14H8Cl2N2O4. The number of Topliss-reactive ketones (excluding diaryl/α,β-unsaturated/α-hetero) is 1. The zero-order chi connectivity index (χ0) is 15.7. The number of carbonyl (C=O) groups excluding carboxylic acids is 1. The van der Waals surface area contributed by atoms with Crippen LogP contribution in [0.3, 0.4) is 0 Å². The molecule has 3 aromatic rings. The Hall–Kier alpha value is -2.31. The summed E-state index contributed by atoms with van der Waals surface area (Å²) in [6, 6.07) is 7.70. The van der Waals surface area contributed by atoms with Crippen LogP contribution in [0, 0.1) is 0 Å². The van der Waals surface area contributed by atoms with Gasteiger partial charge in [-0.25, -0.2) is 4.79 Å². The molecule has 8 heteroatoms. The minimum absolute atomic E-state index is 0.0111. The Bertz CT molecular complexity index is 881. The summed E-state index contributed by atoms with van der Waals surface area (Å²) in [6.07, 6.45) is 1.43. The molecule has 0 atom stereocenters. The van der Waals surface area contributed by atoms with Crippen molar-refractivity contribution >= 4 is 29.0 Å². The van der Waals surface area contributed by atoms with E-state index in [4.69, 9.17) is 32.0 Å². The number of halogens is 2. The minimum atomic E-state index is -0.750. The Kier molecular flexibility index (Phi) is 3.87. The fraction of sp³-hybridized carbons (Fsp3) is 0.0714. The molecule has 0 fully saturated rings. The second-order valence-electron chi connectivity index (χ2n) is 4.36. The second kappa shape index (κ2) is 5.82. The molecule has 0 aliphatic carbocycles. The first-order valence-corrected chi connectivity index (χ1v) is 6.90. The van der Waals surface area contributed by atoms with Crippen molar-refractivity contribution < 1.29 is 13.6 Å². The molecule has 112 valence electrons. The minimum Gasteiger partial charge on any atom is -0.459 e. The number of nitrogens with zero attached hydrogens (tertiary/aromatic N) is 2. The van der Waals surface area contributed by atoms with Crippen molar-refractivity contribution in [2.24, 2.45) is 0 Å². The highest BCUT2D eigenvalue weighted by Crippen LogP contribution is 2.23. The van der Waals surface area contributed by atoms with Gasteiger partial charge in [0.15, 0.2) is 11.5 Å². The third-order valence-corrected chi connectivity index (χ3v) is 3.61. The third-order valence-electron chi connectivity index (χ3n) is 2.87. The summed E-state index contributed by atoms with van der Waals surface area (Å²) in [6.45, 7) is -0.277. The molecule has 0 aliphatic heterocycles. The molecule has 0 saturated carbocycles. The normalized spacial score (nSPS) is 10.8. The lowest BCUT2D eigenvalue weighted by molar-refractivity contribution is 0.0965. The molecule has 2 aromatic heterocycles. The molecule has 0 radical (unpaired) electrons. The summed E-state index contributed by atoms with van der Waals surface area (Å²) >= 11 is 11.7. The monoisotopic (exact) mass is 338 g/mol. The molecule has 3 rings (SSSR count). The van der Waals surface area contributed by atoms with E-state index in [1.807, 2.05) is 0 Å². The largest absolute Gasteiger partial charge is 0.459 e. The maximum atomic E-state index is 12.2. The maximum absolute atomic E-state index is 12.2. The average Bonchev–Trinajstić information content (AvgIpc) is 3.12. The van der Waals surface area contributed by atoms with Crippen molar-refractivity contribution in [3.63, 3.8) is 0 Å². The summed E-state index contributed by atoms with van der Waals surface area (Å²) in [5.41, 5.74) is 0.323. The van der Waals surface area contributed by atoms with Crippen LogP contribution in [0.1, 0.15) is 10.4 Å². The van der Waals surface area contributed by atoms with Crippen molar-refractivity contribution in [1.82, 2.24) is 9.78 Å². The van der Waals surface area contributed by atoms with E-state index in [0.29, 0.717) is 16.3 Å². The van der Waals surface area contributed by atoms with E-state index >= 15 is 0 Å². The average molecular weight is 339 g/mol. The summed E-state index contributed by atoms with van der Waals surface area (Å²) in [5, 5.41) is 4.53. The Labute approximate surface area is 133 Å². The smallest absolute Gasteiger partial charge is 0.437 e. The first kappa shape index (κ1) is 14.6. The quantitative estimate of drug-likeness (QED) is 0.682. The lowest BCUT2D eigenvalue weighted by atomic mass is 10.1. The van der Waals surface area contributed by atoms with E-state index in [9.17, 15) is 9.59 Å². The van der Waals surface area contributed by atoms with Crippen molar-refractivity contribution in [3.8, 4) is 11.7 Å². The van der Waals surface area contributed by atoms with Gasteiger partial charge in [0.1, 0.15) is 6.54 Å². The third kappa shape index (κ3) is 2.84. The number of aromatic nitrogens is 2. The highest BCUT2D eigenvalue weighted by molar-refractivity contribution is 6.42. The van der Waals surface area contributed by atoms with Gasteiger partial charge < -0.3 is 8.83 Å². The maximum Gasteiger partial charge on any atom is 0.437 e. The van der Waals surface area contributed by atoms with Crippen LogP contribution in [0.25, 0.3) is 11.7 Å². The second-order valence-corrected chi connectivity index (χ2v) is 5.17. The van der Waals surface area contributed by atoms with E-state index in [-0.39, 0.29) is 23.2 Å². The van der Waals surface area contributed by atoms with Crippen LogP contribution in [-0.2, 0) is 6.54 Å². The number of hydrogen-bond acceptors (Lipinski definition) is 5. The molecule has 0 spiro atoms. The SMILES string of the molecule is O=C(Cn1nc(-c2ccco2)oc1=O)c1ccc(Cl)c(Cl)c1. The van der Waals surface area contributed by atoms with E-state index in [1.54, 1.807) is 12.1 Å². The highest BCUT2D eigenvalue weighted by Gasteiger charge is 2.16. The topological polar surface area (TPSA) is 78.2 Å². The highest BCUT2D eigenvalue weighted by atomic mass is 35.5. The molecular weight excluding hydrogens is 331 g/mol. The number of rotatable bonds is 4. The van der Waals surface area contributed by atoms with Gasteiger partial charge in [0.25, 0.3) is 5.89 Å². The van der Waals surface area contributed by atoms with Crippen LogP contribution >= 0.6 is 23.2 Å². The van der Waals surface area contributed by atoms with Gasteiger partial charge in [-0.15, -0.1) is 5.10 Å². The number of furan rings is 1. The van der Waals surface area contributed by atoms with Gasteiger partial charge in [-0.1, -0.05) is 23.2 Å². The predicted molar refractivity (Wildman–Crippen MR) is 79.3 cm³/mol. The predicted octanol–water partition coefficient (Wildman–Crippen LogP) is 3.29. The molecule has 1 aromatic carbocycles. The van der Waals surface area contributed by atoms with Gasteiger partial charge in [-0.05, 0) is 30.3 Å². The van der Waals surface area contributed by atoms with E-state index in [2.05, 4.69) is 5.10 Å². The first-order valence-electron chi connectivity index (χ1n) is 6.14. The zero-order valence-electron chi connectivity index (χ0n) is 11.0. The Morgan fingerprint density at radius 1 is 1.23 bits per heavy atom. The lowest BCUT2D eigenvalue weighted by Crippen LogP contribution is -2.21. The summed E-state index contributed by atoms with van der Waals surface area (Å²) in [7, 11) is 0. The molecule has 0 N–H and O–H groups in total. The lowest BCUT2D eigenvalue weighted by Gasteiger charge is -2.01. The van der Waals surface area contributed by atoms with Gasteiger partial charge in [0, 0.05) is 5.56 Å². The molecule has 22 heavy (non-hydrogen) atoms. The number of ketones is 1. The van der Waals surface area contributed by atoms with Crippen molar-refractivity contribution in [1.29, 1.82) is 0 Å². The molecule has 6 nitrogen and oxygen atoms in total. The van der Waals surface area contributed by atoms with E-state index < -0.39 is 5.76 Å². The molecule has 0 saturated heterocycles. The van der Waals surface area contributed by atoms with E-state index in [1.165, 1.54) is 24.5 Å². The van der Waals surface area contributed by atoms with Crippen LogP contribution in [0.5, 0.6) is 0 Å². The van der Waals surface area contributed by atoms with Crippen molar-refractivity contribution in [3.05, 3.63) is 62.8 Å². The molecule has 0 unspecified atom stereocenters. The number of hydrogen-bond donors (Lipinski definition) is 0. The van der Waals surface area contributed by atoms with Crippen LogP contribution in [0.2, 0.25) is 10.0 Å². The van der Waals surface area contributed by atoms with Crippen molar-refractivity contribution in [2.75, 3.05) is 0 Å². The summed E-state index contributed by atoms with van der Waals surface area (Å²) < 4.78 is 10.9. The van der Waals surface area contributed by atoms with Gasteiger partial charge in [-0.2, -0.15) is 4.68 Å². The Morgan fingerprint density at radius 3 is 2.73 bits per heavy atom. The summed E-state index contributed by atoms with van der Waals surface area (Å²) in [5.74, 6) is -0.783.